The first-order valence-electron chi connectivity index (χ1n) is 23.0. The Kier molecular flexibility index (Phi) is 11.9. The molecule has 0 aliphatic heterocycles. The van der Waals surface area contributed by atoms with E-state index in [1.807, 2.05) is 78.9 Å². The van der Waals surface area contributed by atoms with E-state index in [0.717, 1.165) is 99.4 Å². The second-order valence-electron chi connectivity index (χ2n) is 17.0. The van der Waals surface area contributed by atoms with Crippen molar-refractivity contribution in [1.82, 2.24) is 0 Å². The highest BCUT2D eigenvalue weighted by atomic mass is 14.3. The highest BCUT2D eigenvalue weighted by Crippen LogP contribution is 2.48. The molecule has 0 radical (unpaired) electrons. The van der Waals surface area contributed by atoms with Crippen molar-refractivity contribution in [2.24, 2.45) is 0 Å². The van der Waals surface area contributed by atoms with Gasteiger partial charge in [0.15, 0.2) is 0 Å². The van der Waals surface area contributed by atoms with E-state index in [4.69, 9.17) is 51.4 Å². The number of rotatable bonds is 7. The van der Waals surface area contributed by atoms with Gasteiger partial charge in [-0.05, 0) is 148 Å². The van der Waals surface area contributed by atoms with Gasteiger partial charge in [0.1, 0.15) is 0 Å². The Balaban J connectivity index is 1.27. The molecule has 72 heavy (non-hydrogen) atoms. The van der Waals surface area contributed by atoms with Crippen LogP contribution in [0.2, 0.25) is 0 Å². The third kappa shape index (κ3) is 7.53. The monoisotopic (exact) mass is 902 g/mol. The van der Waals surface area contributed by atoms with Crippen molar-refractivity contribution in [3.05, 3.63) is 226 Å². The van der Waals surface area contributed by atoms with Gasteiger partial charge in [0.05, 0.1) is 0 Å². The smallest absolute Gasteiger partial charge is 0.0477 e. The molecule has 10 aromatic carbocycles. The summed E-state index contributed by atoms with van der Waals surface area (Å²) >= 11 is 0. The molecule has 0 unspecified atom stereocenters. The Morgan fingerprint density at radius 3 is 0.861 bits per heavy atom. The van der Waals surface area contributed by atoms with Crippen molar-refractivity contribution in [1.29, 1.82) is 0 Å². The molecule has 0 atom stereocenters. The second kappa shape index (κ2) is 19.1. The van der Waals surface area contributed by atoms with Crippen LogP contribution in [0.3, 0.4) is 0 Å². The van der Waals surface area contributed by atoms with Gasteiger partial charge < -0.3 is 0 Å². The molecular formula is C72H38. The zero-order valence-electron chi connectivity index (χ0n) is 38.9. The Labute approximate surface area is 422 Å². The first-order valence-corrected chi connectivity index (χ1v) is 23.0. The number of hydrogen-bond acceptors (Lipinski definition) is 0. The molecule has 0 heterocycles. The standard InChI is InChI=1S/C72H38/c1-9-47-27-22-37-60(56(47)13-5)53-44-54(61-38-23-28-48(10-2)57(61)14-6)46-55(45-53)72-68-35-19-17-33-66(68)71(67-34-18-20-36-69(67)72)52-32-21-31-51(43-52)70-64(62-39-24-29-49(11-3)58(62)15-7)41-26-42-65(70)63-40-25-30-50(12-4)59(63)16-8/h1-8,17-46H. The van der Waals surface area contributed by atoms with Gasteiger partial charge >= 0.3 is 0 Å². The largest absolute Gasteiger partial charge is 0.115 e. The maximum absolute atomic E-state index is 6.25. The Morgan fingerprint density at radius 1 is 0.208 bits per heavy atom. The number of hydrogen-bond donors (Lipinski definition) is 0. The zero-order chi connectivity index (χ0) is 49.9. The van der Waals surface area contributed by atoms with Crippen molar-refractivity contribution in [3.63, 3.8) is 0 Å². The predicted octanol–water partition coefficient (Wildman–Crippen LogP) is 15.5. The summed E-state index contributed by atoms with van der Waals surface area (Å²) in [5.74, 6) is 22.7. The molecule has 0 spiro atoms. The maximum Gasteiger partial charge on any atom is 0.0477 e. The molecule has 10 rings (SSSR count). The summed E-state index contributed by atoms with van der Waals surface area (Å²) in [4.78, 5) is 0. The fourth-order valence-electron chi connectivity index (χ4n) is 10.2. The van der Waals surface area contributed by atoms with Gasteiger partial charge in [-0.15, -0.1) is 51.4 Å². The first-order chi connectivity index (χ1) is 35.4. The number of fused-ring (bicyclic) bond motifs is 2. The van der Waals surface area contributed by atoms with Crippen molar-refractivity contribution in [3.8, 4) is 177 Å². The third-order valence-electron chi connectivity index (χ3n) is 13.3. The first kappa shape index (κ1) is 45.0. The highest BCUT2D eigenvalue weighted by molar-refractivity contribution is 6.22. The fraction of sp³-hybridized carbons (Fsp3) is 0. The van der Waals surface area contributed by atoms with E-state index in [0.29, 0.717) is 44.5 Å². The van der Waals surface area contributed by atoms with Crippen LogP contribution < -0.4 is 0 Å². The van der Waals surface area contributed by atoms with Crippen LogP contribution in [0.15, 0.2) is 182 Å². The summed E-state index contributed by atoms with van der Waals surface area (Å²) in [5.41, 5.74) is 17.8. The van der Waals surface area contributed by atoms with Crippen molar-refractivity contribution in [2.45, 2.75) is 0 Å². The lowest BCUT2D eigenvalue weighted by Gasteiger charge is -2.21. The number of benzene rings is 10. The van der Waals surface area contributed by atoms with E-state index in [1.165, 1.54) is 0 Å². The van der Waals surface area contributed by atoms with Crippen LogP contribution in [0.4, 0.5) is 0 Å². The minimum atomic E-state index is 0.627. The predicted molar refractivity (Wildman–Crippen MR) is 303 cm³/mol. The van der Waals surface area contributed by atoms with Crippen molar-refractivity contribution >= 4 is 21.5 Å². The SMILES string of the molecule is C#Cc1cccc(-c2cc(-c3cccc(C#C)c3C#C)cc(-c3c4ccccc4c(-c4cccc(-c5c(-c6cccc(C#C)c6C#C)cccc5-c5cccc(C#C)c5C#C)c4)c4ccccc34)c2)c1C#C. The van der Waals surface area contributed by atoms with Crippen LogP contribution >= 0.6 is 0 Å². The van der Waals surface area contributed by atoms with Crippen molar-refractivity contribution < 1.29 is 0 Å². The van der Waals surface area contributed by atoms with E-state index >= 15 is 0 Å². The van der Waals surface area contributed by atoms with E-state index < -0.39 is 0 Å². The zero-order valence-corrected chi connectivity index (χ0v) is 38.9. The second-order valence-corrected chi connectivity index (χ2v) is 17.0. The molecule has 0 fully saturated rings. The van der Waals surface area contributed by atoms with Gasteiger partial charge in [-0.1, -0.05) is 181 Å². The Morgan fingerprint density at radius 2 is 0.486 bits per heavy atom. The van der Waals surface area contributed by atoms with Gasteiger partial charge in [-0.2, -0.15) is 0 Å². The van der Waals surface area contributed by atoms with Crippen LogP contribution in [0, 0.1) is 98.8 Å². The quantitative estimate of drug-likeness (QED) is 0.110. The molecule has 0 bridgehead atoms. The third-order valence-corrected chi connectivity index (χ3v) is 13.3. The normalized spacial score (nSPS) is 10.4. The summed E-state index contributed by atoms with van der Waals surface area (Å²) in [6, 6.07) is 61.6. The lowest BCUT2D eigenvalue weighted by atomic mass is 9.81. The summed E-state index contributed by atoms with van der Waals surface area (Å²) in [6.07, 6.45) is 49.0. The summed E-state index contributed by atoms with van der Waals surface area (Å²) < 4.78 is 0. The number of terminal acetylenes is 8. The molecule has 0 saturated heterocycles. The average Bonchev–Trinajstić information content (AvgIpc) is 3.44. The summed E-state index contributed by atoms with van der Waals surface area (Å²) in [7, 11) is 0. The van der Waals surface area contributed by atoms with E-state index in [9.17, 15) is 0 Å². The lowest BCUT2D eigenvalue weighted by Crippen LogP contribution is -1.97. The summed E-state index contributed by atoms with van der Waals surface area (Å²) in [5, 5.41) is 4.18. The molecule has 10 aromatic rings. The molecule has 0 saturated carbocycles. The Hall–Kier alpha value is -10.8. The molecule has 0 nitrogen and oxygen atoms in total. The van der Waals surface area contributed by atoms with Crippen LogP contribution in [-0.2, 0) is 0 Å². The van der Waals surface area contributed by atoms with Gasteiger partial charge in [-0.25, -0.2) is 0 Å². The molecule has 0 heteroatoms. The van der Waals surface area contributed by atoms with Crippen LogP contribution in [0.25, 0.3) is 99.4 Å². The van der Waals surface area contributed by atoms with Crippen LogP contribution in [0.5, 0.6) is 0 Å². The summed E-state index contributed by atoms with van der Waals surface area (Å²) in [6.45, 7) is 0. The molecule has 0 aromatic heterocycles. The van der Waals surface area contributed by atoms with Gasteiger partial charge in [0.2, 0.25) is 0 Å². The molecule has 0 aliphatic rings. The maximum atomic E-state index is 6.25. The van der Waals surface area contributed by atoms with Gasteiger partial charge in [0, 0.05) is 44.5 Å². The average molecular weight is 903 g/mol. The minimum absolute atomic E-state index is 0.627. The van der Waals surface area contributed by atoms with Gasteiger partial charge in [0.25, 0.3) is 0 Å². The Bertz CT molecular complexity index is 4050. The molecule has 0 amide bonds. The lowest BCUT2D eigenvalue weighted by molar-refractivity contribution is 1.51. The van der Waals surface area contributed by atoms with E-state index in [-0.39, 0.29) is 0 Å². The topological polar surface area (TPSA) is 0 Å². The highest BCUT2D eigenvalue weighted by Gasteiger charge is 2.23. The van der Waals surface area contributed by atoms with Crippen molar-refractivity contribution in [2.75, 3.05) is 0 Å². The molecule has 326 valence electrons. The van der Waals surface area contributed by atoms with E-state index in [2.05, 4.69) is 150 Å². The molecular weight excluding hydrogens is 865 g/mol. The molecule has 0 aliphatic carbocycles. The van der Waals surface area contributed by atoms with Crippen LogP contribution in [0.1, 0.15) is 44.5 Å². The fourth-order valence-corrected chi connectivity index (χ4v) is 10.2. The van der Waals surface area contributed by atoms with E-state index in [1.54, 1.807) is 0 Å². The molecule has 0 N–H and O–H groups in total. The minimum Gasteiger partial charge on any atom is -0.115 e. The van der Waals surface area contributed by atoms with Gasteiger partial charge in [-0.3, -0.25) is 0 Å². The van der Waals surface area contributed by atoms with Crippen LogP contribution in [-0.4, -0.2) is 0 Å².